The van der Waals surface area contributed by atoms with Crippen molar-refractivity contribution >= 4 is 11.7 Å². The van der Waals surface area contributed by atoms with Crippen molar-refractivity contribution in [2.45, 2.75) is 44.7 Å². The molecule has 21 heavy (non-hydrogen) atoms. The summed E-state index contributed by atoms with van der Waals surface area (Å²) >= 11 is 0. The van der Waals surface area contributed by atoms with Gasteiger partial charge in [0.1, 0.15) is 6.04 Å². The average Bonchev–Trinajstić information content (AvgIpc) is 2.86. The van der Waals surface area contributed by atoms with Gasteiger partial charge in [-0.05, 0) is 32.1 Å². The number of nitro benzene ring substituents is 1. The van der Waals surface area contributed by atoms with Crippen LogP contribution in [-0.2, 0) is 11.2 Å². The van der Waals surface area contributed by atoms with E-state index in [1.807, 2.05) is 0 Å². The molecule has 1 saturated carbocycles. The van der Waals surface area contributed by atoms with Gasteiger partial charge in [0.15, 0.2) is 0 Å². The van der Waals surface area contributed by atoms with E-state index in [2.05, 4.69) is 5.32 Å². The predicted molar refractivity (Wildman–Crippen MR) is 78.2 cm³/mol. The fraction of sp³-hybridized carbons (Fsp3) is 0.533. The molecule has 1 aromatic carbocycles. The molecule has 3 unspecified atom stereocenters. The van der Waals surface area contributed by atoms with E-state index in [9.17, 15) is 14.9 Å². The number of nitrogens with one attached hydrogen (secondary N) is 1. The number of para-hydroxylation sites is 1. The van der Waals surface area contributed by atoms with E-state index in [1.54, 1.807) is 25.1 Å². The van der Waals surface area contributed by atoms with Gasteiger partial charge in [-0.15, -0.1) is 0 Å². The fourth-order valence-electron chi connectivity index (χ4n) is 3.04. The molecule has 3 atom stereocenters. The SMILES string of the molecule is CC(NC1CCCC1Cc1ccccc1[N+](=O)[O-])C(=O)O. The second-order valence-corrected chi connectivity index (χ2v) is 5.61. The van der Waals surface area contributed by atoms with Crippen LogP contribution in [0.2, 0.25) is 0 Å². The highest BCUT2D eigenvalue weighted by Gasteiger charge is 2.31. The van der Waals surface area contributed by atoms with Crippen LogP contribution in [0.4, 0.5) is 5.69 Å². The molecule has 0 saturated heterocycles. The third-order valence-electron chi connectivity index (χ3n) is 4.16. The molecule has 114 valence electrons. The number of carbonyl (C=O) groups is 1. The minimum Gasteiger partial charge on any atom is -0.480 e. The lowest BCUT2D eigenvalue weighted by Gasteiger charge is -2.23. The minimum absolute atomic E-state index is 0.107. The monoisotopic (exact) mass is 292 g/mol. The standard InChI is InChI=1S/C15H20N2O4/c1-10(15(18)19)16-13-7-4-6-11(13)9-12-5-2-3-8-14(12)17(20)21/h2-3,5,8,10-11,13,16H,4,6-7,9H2,1H3,(H,18,19). The van der Waals surface area contributed by atoms with E-state index in [-0.39, 0.29) is 22.6 Å². The molecule has 0 aliphatic heterocycles. The largest absolute Gasteiger partial charge is 0.480 e. The summed E-state index contributed by atoms with van der Waals surface area (Å²) in [6, 6.07) is 6.29. The molecule has 0 heterocycles. The van der Waals surface area contributed by atoms with Crippen LogP contribution in [0, 0.1) is 16.0 Å². The van der Waals surface area contributed by atoms with Gasteiger partial charge in [-0.1, -0.05) is 24.6 Å². The maximum atomic E-state index is 11.1. The second-order valence-electron chi connectivity index (χ2n) is 5.61. The van der Waals surface area contributed by atoms with Gasteiger partial charge in [0, 0.05) is 17.7 Å². The van der Waals surface area contributed by atoms with Crippen LogP contribution in [0.1, 0.15) is 31.7 Å². The van der Waals surface area contributed by atoms with E-state index in [0.717, 1.165) is 24.8 Å². The fourth-order valence-corrected chi connectivity index (χ4v) is 3.04. The summed E-state index contributed by atoms with van der Waals surface area (Å²) in [5.41, 5.74) is 0.874. The zero-order valence-electron chi connectivity index (χ0n) is 12.0. The van der Waals surface area contributed by atoms with Crippen molar-refractivity contribution in [1.29, 1.82) is 0 Å². The van der Waals surface area contributed by atoms with Crippen LogP contribution in [0.25, 0.3) is 0 Å². The maximum Gasteiger partial charge on any atom is 0.320 e. The number of nitro groups is 1. The highest BCUT2D eigenvalue weighted by atomic mass is 16.6. The molecule has 2 rings (SSSR count). The predicted octanol–water partition coefficient (Wildman–Crippen LogP) is 2.37. The lowest BCUT2D eigenvalue weighted by atomic mass is 9.93. The van der Waals surface area contributed by atoms with E-state index in [0.29, 0.717) is 6.42 Å². The molecular weight excluding hydrogens is 272 g/mol. The first-order valence-electron chi connectivity index (χ1n) is 7.20. The summed E-state index contributed by atoms with van der Waals surface area (Å²) in [5, 5.41) is 23.2. The average molecular weight is 292 g/mol. The quantitative estimate of drug-likeness (QED) is 0.620. The molecular formula is C15H20N2O4. The summed E-state index contributed by atoms with van der Waals surface area (Å²) in [4.78, 5) is 21.6. The number of carboxylic acids is 1. The van der Waals surface area contributed by atoms with Crippen molar-refractivity contribution in [2.24, 2.45) is 5.92 Å². The molecule has 0 radical (unpaired) electrons. The van der Waals surface area contributed by atoms with Gasteiger partial charge in [0.25, 0.3) is 5.69 Å². The third kappa shape index (κ3) is 3.78. The number of hydrogen-bond donors (Lipinski definition) is 2. The van der Waals surface area contributed by atoms with Gasteiger partial charge >= 0.3 is 5.97 Å². The van der Waals surface area contributed by atoms with Gasteiger partial charge in [-0.3, -0.25) is 14.9 Å². The van der Waals surface area contributed by atoms with Gasteiger partial charge in [0.2, 0.25) is 0 Å². The molecule has 6 heteroatoms. The lowest BCUT2D eigenvalue weighted by molar-refractivity contribution is -0.385. The highest BCUT2D eigenvalue weighted by molar-refractivity contribution is 5.72. The van der Waals surface area contributed by atoms with E-state index < -0.39 is 12.0 Å². The smallest absolute Gasteiger partial charge is 0.320 e. The van der Waals surface area contributed by atoms with Crippen LogP contribution in [0.15, 0.2) is 24.3 Å². The van der Waals surface area contributed by atoms with Crippen molar-refractivity contribution < 1.29 is 14.8 Å². The summed E-state index contributed by atoms with van der Waals surface area (Å²) < 4.78 is 0. The Kier molecular flexibility index (Phi) is 4.90. The van der Waals surface area contributed by atoms with E-state index >= 15 is 0 Å². The van der Waals surface area contributed by atoms with Crippen molar-refractivity contribution in [1.82, 2.24) is 5.32 Å². The summed E-state index contributed by atoms with van der Waals surface area (Å²) in [7, 11) is 0. The molecule has 1 aliphatic carbocycles. The van der Waals surface area contributed by atoms with Crippen molar-refractivity contribution in [3.63, 3.8) is 0 Å². The van der Waals surface area contributed by atoms with Crippen molar-refractivity contribution in [3.8, 4) is 0 Å². The van der Waals surface area contributed by atoms with Crippen molar-refractivity contribution in [3.05, 3.63) is 39.9 Å². The molecule has 0 amide bonds. The van der Waals surface area contributed by atoms with Gasteiger partial charge in [-0.2, -0.15) is 0 Å². The van der Waals surface area contributed by atoms with Gasteiger partial charge < -0.3 is 10.4 Å². The number of benzene rings is 1. The second kappa shape index (κ2) is 6.67. The van der Waals surface area contributed by atoms with Crippen LogP contribution in [0.3, 0.4) is 0 Å². The number of hydrogen-bond acceptors (Lipinski definition) is 4. The summed E-state index contributed by atoms with van der Waals surface area (Å²) in [5.74, 6) is -0.626. The topological polar surface area (TPSA) is 92.5 Å². The Morgan fingerprint density at radius 1 is 1.48 bits per heavy atom. The Bertz CT molecular complexity index is 532. The lowest BCUT2D eigenvalue weighted by Crippen LogP contribution is -2.43. The van der Waals surface area contributed by atoms with Crippen LogP contribution >= 0.6 is 0 Å². The Balaban J connectivity index is 2.08. The molecule has 2 N–H and O–H groups in total. The molecule has 1 fully saturated rings. The molecule has 1 aliphatic rings. The first-order valence-corrected chi connectivity index (χ1v) is 7.20. The Morgan fingerprint density at radius 2 is 2.19 bits per heavy atom. The number of rotatable bonds is 6. The molecule has 0 bridgehead atoms. The van der Waals surface area contributed by atoms with Crippen molar-refractivity contribution in [2.75, 3.05) is 0 Å². The minimum atomic E-state index is -0.869. The van der Waals surface area contributed by atoms with Crippen LogP contribution < -0.4 is 5.32 Å². The van der Waals surface area contributed by atoms with E-state index in [4.69, 9.17) is 5.11 Å². The van der Waals surface area contributed by atoms with E-state index in [1.165, 1.54) is 6.07 Å². The Morgan fingerprint density at radius 3 is 2.86 bits per heavy atom. The number of carboxylic acid groups (broad SMARTS) is 1. The van der Waals surface area contributed by atoms with Gasteiger partial charge in [-0.25, -0.2) is 0 Å². The molecule has 0 spiro atoms. The maximum absolute atomic E-state index is 11.1. The summed E-state index contributed by atoms with van der Waals surface area (Å²) in [6.45, 7) is 1.63. The zero-order chi connectivity index (χ0) is 15.4. The number of nitrogens with zero attached hydrogens (tertiary/aromatic N) is 1. The van der Waals surface area contributed by atoms with Crippen LogP contribution in [0.5, 0.6) is 0 Å². The molecule has 1 aromatic rings. The number of aliphatic carboxylic acids is 1. The highest BCUT2D eigenvalue weighted by Crippen LogP contribution is 2.31. The normalized spacial score (nSPS) is 22.9. The first-order chi connectivity index (χ1) is 9.99. The Hall–Kier alpha value is -1.95. The third-order valence-corrected chi connectivity index (χ3v) is 4.16. The summed E-state index contributed by atoms with van der Waals surface area (Å²) in [6.07, 6.45) is 3.52. The molecule has 0 aromatic heterocycles. The Labute approximate surface area is 123 Å². The van der Waals surface area contributed by atoms with Crippen LogP contribution in [-0.4, -0.2) is 28.1 Å². The zero-order valence-corrected chi connectivity index (χ0v) is 12.0. The van der Waals surface area contributed by atoms with Gasteiger partial charge in [0.05, 0.1) is 4.92 Å². The molecule has 6 nitrogen and oxygen atoms in total. The first kappa shape index (κ1) is 15.4.